The minimum Gasteiger partial charge on any atom is -0.508 e. The van der Waals surface area contributed by atoms with E-state index >= 15 is 0 Å². The van der Waals surface area contributed by atoms with E-state index in [1.165, 1.54) is 30.7 Å². The Bertz CT molecular complexity index is 589. The van der Waals surface area contributed by atoms with Crippen molar-refractivity contribution in [3.8, 4) is 5.75 Å². The highest BCUT2D eigenvalue weighted by molar-refractivity contribution is 14.0. The van der Waals surface area contributed by atoms with Gasteiger partial charge in [-0.15, -0.1) is 24.0 Å². The minimum absolute atomic E-state index is 0. The molecule has 8 heteroatoms. The fourth-order valence-electron chi connectivity index (χ4n) is 2.62. The van der Waals surface area contributed by atoms with Crippen molar-refractivity contribution in [1.29, 1.82) is 0 Å². The molecule has 1 heterocycles. The molecule has 0 spiro atoms. The van der Waals surface area contributed by atoms with E-state index < -0.39 is 0 Å². The standard InChI is InChI=1S/C18H28N4O2S.HI/c1-3-19-17(22-13-18(2)9-4-12-25-18)21-11-10-20-16(24)14-5-7-15(23)8-6-14;/h5-8,23H,3-4,9-13H2,1-2H3,(H,20,24)(H2,19,21,22);1H. The number of carbonyl (C=O) groups is 1. The summed E-state index contributed by atoms with van der Waals surface area (Å²) in [6.07, 6.45) is 2.48. The highest BCUT2D eigenvalue weighted by atomic mass is 127. The Morgan fingerprint density at radius 1 is 1.23 bits per heavy atom. The van der Waals surface area contributed by atoms with Crippen LogP contribution in [-0.2, 0) is 0 Å². The number of phenolic OH excluding ortho intramolecular Hbond substituents is 1. The molecule has 0 bridgehead atoms. The van der Waals surface area contributed by atoms with Crippen LogP contribution in [0.5, 0.6) is 5.75 Å². The van der Waals surface area contributed by atoms with E-state index in [9.17, 15) is 9.90 Å². The summed E-state index contributed by atoms with van der Waals surface area (Å²) in [5, 5.41) is 18.6. The first-order valence-corrected chi connectivity index (χ1v) is 9.74. The Balaban J connectivity index is 0.00000338. The molecule has 6 nitrogen and oxygen atoms in total. The first kappa shape index (κ1) is 22.9. The lowest BCUT2D eigenvalue weighted by Gasteiger charge is -2.21. The zero-order valence-electron chi connectivity index (χ0n) is 15.4. The molecule has 1 amide bonds. The second kappa shape index (κ2) is 11.5. The number of hydrogen-bond acceptors (Lipinski definition) is 4. The highest BCUT2D eigenvalue weighted by Crippen LogP contribution is 2.37. The Hall–Kier alpha value is -1.16. The highest BCUT2D eigenvalue weighted by Gasteiger charge is 2.29. The monoisotopic (exact) mass is 492 g/mol. The molecule has 1 unspecified atom stereocenters. The van der Waals surface area contributed by atoms with Crippen molar-refractivity contribution in [3.05, 3.63) is 29.8 Å². The van der Waals surface area contributed by atoms with Crippen molar-refractivity contribution < 1.29 is 9.90 Å². The Morgan fingerprint density at radius 3 is 2.54 bits per heavy atom. The molecule has 26 heavy (non-hydrogen) atoms. The second-order valence-electron chi connectivity index (χ2n) is 6.33. The molecule has 0 radical (unpaired) electrons. The summed E-state index contributed by atoms with van der Waals surface area (Å²) >= 11 is 2.00. The Morgan fingerprint density at radius 2 is 1.92 bits per heavy atom. The molecule has 0 aromatic heterocycles. The summed E-state index contributed by atoms with van der Waals surface area (Å²) in [6, 6.07) is 6.21. The van der Waals surface area contributed by atoms with E-state index in [1.807, 2.05) is 18.7 Å². The van der Waals surface area contributed by atoms with Crippen LogP contribution in [-0.4, -0.2) is 53.7 Å². The van der Waals surface area contributed by atoms with Gasteiger partial charge >= 0.3 is 0 Å². The lowest BCUT2D eigenvalue weighted by molar-refractivity contribution is 0.0954. The maximum Gasteiger partial charge on any atom is 0.251 e. The zero-order chi connectivity index (χ0) is 18.1. The fourth-order valence-corrected chi connectivity index (χ4v) is 3.85. The largest absolute Gasteiger partial charge is 0.508 e. The van der Waals surface area contributed by atoms with E-state index in [0.717, 1.165) is 19.0 Å². The Labute approximate surface area is 177 Å². The van der Waals surface area contributed by atoms with E-state index in [-0.39, 0.29) is 40.4 Å². The molecule has 0 aliphatic carbocycles. The second-order valence-corrected chi connectivity index (χ2v) is 8.01. The predicted octanol–water partition coefficient (Wildman–Crippen LogP) is 2.58. The number of phenols is 1. The summed E-state index contributed by atoms with van der Waals surface area (Å²) < 4.78 is 0.245. The fraction of sp³-hybridized carbons (Fsp3) is 0.556. The summed E-state index contributed by atoms with van der Waals surface area (Å²) in [7, 11) is 0. The maximum atomic E-state index is 12.0. The molecule has 1 fully saturated rings. The summed E-state index contributed by atoms with van der Waals surface area (Å²) in [4.78, 5) is 16.7. The number of nitrogens with one attached hydrogen (secondary N) is 3. The maximum absolute atomic E-state index is 12.0. The number of aliphatic imine (C=N–C) groups is 1. The van der Waals surface area contributed by atoms with Crippen LogP contribution in [0.25, 0.3) is 0 Å². The van der Waals surface area contributed by atoms with Gasteiger partial charge in [-0.1, -0.05) is 0 Å². The van der Waals surface area contributed by atoms with Gasteiger partial charge in [0.05, 0.1) is 6.54 Å². The number of hydrogen-bond donors (Lipinski definition) is 4. The summed E-state index contributed by atoms with van der Waals surface area (Å²) in [5.74, 6) is 2.01. The molecule has 1 aliphatic heterocycles. The average molecular weight is 492 g/mol. The SMILES string of the molecule is CCNC(=NCC1(C)CCCS1)NCCNC(=O)c1ccc(O)cc1.I. The number of thioether (sulfide) groups is 1. The van der Waals surface area contributed by atoms with Crippen LogP contribution >= 0.6 is 35.7 Å². The quantitative estimate of drug-likeness (QED) is 0.204. The van der Waals surface area contributed by atoms with Gasteiger partial charge in [0.15, 0.2) is 5.96 Å². The lowest BCUT2D eigenvalue weighted by Crippen LogP contribution is -2.42. The first-order chi connectivity index (χ1) is 12.0. The Kier molecular flexibility index (Phi) is 10.1. The number of amides is 1. The van der Waals surface area contributed by atoms with Crippen LogP contribution in [0.4, 0.5) is 0 Å². The normalized spacial score (nSPS) is 19.5. The number of halogens is 1. The van der Waals surface area contributed by atoms with Crippen LogP contribution in [0.3, 0.4) is 0 Å². The van der Waals surface area contributed by atoms with E-state index in [4.69, 9.17) is 0 Å². The van der Waals surface area contributed by atoms with Crippen molar-refractivity contribution in [3.63, 3.8) is 0 Å². The number of aromatic hydroxyl groups is 1. The summed E-state index contributed by atoms with van der Waals surface area (Å²) in [5.41, 5.74) is 0.532. The van der Waals surface area contributed by atoms with Crippen LogP contribution in [0, 0.1) is 0 Å². The molecule has 1 aromatic rings. The molecule has 1 saturated heterocycles. The molecular formula is C18H29IN4O2S. The molecule has 146 valence electrons. The van der Waals surface area contributed by atoms with Gasteiger partial charge in [-0.25, -0.2) is 0 Å². The number of carbonyl (C=O) groups excluding carboxylic acids is 1. The molecule has 0 saturated carbocycles. The van der Waals surface area contributed by atoms with Crippen molar-refractivity contribution in [2.75, 3.05) is 31.9 Å². The molecular weight excluding hydrogens is 463 g/mol. The van der Waals surface area contributed by atoms with Gasteiger partial charge in [0.1, 0.15) is 5.75 Å². The van der Waals surface area contributed by atoms with Crippen molar-refractivity contribution >= 4 is 47.6 Å². The van der Waals surface area contributed by atoms with Crippen LogP contribution in [0.1, 0.15) is 37.0 Å². The third kappa shape index (κ3) is 7.61. The van der Waals surface area contributed by atoms with E-state index in [2.05, 4.69) is 27.9 Å². The number of nitrogens with zero attached hydrogens (tertiary/aromatic N) is 1. The molecule has 2 rings (SSSR count). The van der Waals surface area contributed by atoms with Crippen molar-refractivity contribution in [2.24, 2.45) is 4.99 Å². The zero-order valence-corrected chi connectivity index (χ0v) is 18.5. The number of benzene rings is 1. The predicted molar refractivity (Wildman–Crippen MR) is 120 cm³/mol. The minimum atomic E-state index is -0.154. The van der Waals surface area contributed by atoms with Crippen molar-refractivity contribution in [1.82, 2.24) is 16.0 Å². The smallest absolute Gasteiger partial charge is 0.251 e. The van der Waals surface area contributed by atoms with Crippen LogP contribution < -0.4 is 16.0 Å². The van der Waals surface area contributed by atoms with Gasteiger partial charge in [-0.3, -0.25) is 9.79 Å². The van der Waals surface area contributed by atoms with Gasteiger partial charge in [0, 0.05) is 29.9 Å². The summed E-state index contributed by atoms with van der Waals surface area (Å²) in [6.45, 7) is 7.00. The third-order valence-corrected chi connectivity index (χ3v) is 5.57. The van der Waals surface area contributed by atoms with E-state index in [0.29, 0.717) is 18.7 Å². The van der Waals surface area contributed by atoms with Gasteiger partial charge in [0.25, 0.3) is 5.91 Å². The van der Waals surface area contributed by atoms with Gasteiger partial charge in [0.2, 0.25) is 0 Å². The van der Waals surface area contributed by atoms with Crippen LogP contribution in [0.15, 0.2) is 29.3 Å². The average Bonchev–Trinajstić information content (AvgIpc) is 3.04. The van der Waals surface area contributed by atoms with Crippen LogP contribution in [0.2, 0.25) is 0 Å². The van der Waals surface area contributed by atoms with E-state index in [1.54, 1.807) is 12.1 Å². The lowest BCUT2D eigenvalue weighted by atomic mass is 10.1. The topological polar surface area (TPSA) is 85.8 Å². The van der Waals surface area contributed by atoms with Gasteiger partial charge < -0.3 is 21.1 Å². The van der Waals surface area contributed by atoms with Gasteiger partial charge in [-0.2, -0.15) is 11.8 Å². The molecule has 1 atom stereocenters. The first-order valence-electron chi connectivity index (χ1n) is 8.76. The van der Waals surface area contributed by atoms with Crippen molar-refractivity contribution in [2.45, 2.75) is 31.4 Å². The molecule has 4 N–H and O–H groups in total. The molecule has 1 aliphatic rings. The number of rotatable bonds is 7. The third-order valence-electron chi connectivity index (χ3n) is 4.05. The molecule has 1 aromatic carbocycles. The van der Waals surface area contributed by atoms with Gasteiger partial charge in [-0.05, 0) is 56.7 Å². The number of guanidine groups is 1.